The molecule has 1 amide bonds. The summed E-state index contributed by atoms with van der Waals surface area (Å²) in [5.74, 6) is -0.524. The quantitative estimate of drug-likeness (QED) is 0.656. The first-order chi connectivity index (χ1) is 7.60. The van der Waals surface area contributed by atoms with Gasteiger partial charge in [0.2, 0.25) is 5.91 Å². The van der Waals surface area contributed by atoms with E-state index in [1.165, 1.54) is 12.0 Å². The highest BCUT2D eigenvalue weighted by molar-refractivity contribution is 5.84. The number of ether oxygens (including phenoxy) is 2. The number of hydrogen-bond acceptors (Lipinski definition) is 4. The average molecular weight is 229 g/mol. The van der Waals surface area contributed by atoms with Gasteiger partial charge in [-0.1, -0.05) is 0 Å². The highest BCUT2D eigenvalue weighted by Gasteiger charge is 2.33. The van der Waals surface area contributed by atoms with Gasteiger partial charge in [-0.3, -0.25) is 9.59 Å². The Kier molecular flexibility index (Phi) is 4.73. The van der Waals surface area contributed by atoms with Crippen LogP contribution in [-0.4, -0.2) is 49.7 Å². The Balaban J connectivity index is 2.58. The summed E-state index contributed by atoms with van der Waals surface area (Å²) in [6, 6.07) is 0. The molecule has 1 rings (SSSR count). The first-order valence-corrected chi connectivity index (χ1v) is 5.57. The van der Waals surface area contributed by atoms with E-state index in [0.29, 0.717) is 13.2 Å². The second-order valence-electron chi connectivity index (χ2n) is 3.90. The van der Waals surface area contributed by atoms with Crippen molar-refractivity contribution in [2.45, 2.75) is 26.4 Å². The fraction of sp³-hybridized carbons (Fsp3) is 0.818. The van der Waals surface area contributed by atoms with E-state index in [-0.39, 0.29) is 30.4 Å². The summed E-state index contributed by atoms with van der Waals surface area (Å²) in [6.07, 6.45) is 0.678. The molecule has 0 bridgehead atoms. The molecule has 92 valence electrons. The average Bonchev–Trinajstić information content (AvgIpc) is 2.71. The summed E-state index contributed by atoms with van der Waals surface area (Å²) in [5, 5.41) is 0. The van der Waals surface area contributed by atoms with E-state index in [4.69, 9.17) is 4.74 Å². The number of carbonyl (C=O) groups is 2. The zero-order chi connectivity index (χ0) is 12.1. The zero-order valence-corrected chi connectivity index (χ0v) is 10.1. The molecule has 2 unspecified atom stereocenters. The second-order valence-corrected chi connectivity index (χ2v) is 3.90. The number of rotatable bonds is 4. The van der Waals surface area contributed by atoms with Crippen LogP contribution in [0.25, 0.3) is 0 Å². The molecule has 0 aromatic heterocycles. The van der Waals surface area contributed by atoms with Crippen LogP contribution in [0.1, 0.15) is 20.3 Å². The topological polar surface area (TPSA) is 55.8 Å². The molecule has 0 radical (unpaired) electrons. The van der Waals surface area contributed by atoms with Crippen LogP contribution in [0.15, 0.2) is 0 Å². The molecule has 2 atom stereocenters. The molecule has 5 heteroatoms. The largest absolute Gasteiger partial charge is 0.468 e. The van der Waals surface area contributed by atoms with Gasteiger partial charge in [-0.15, -0.1) is 0 Å². The Labute approximate surface area is 95.7 Å². The van der Waals surface area contributed by atoms with E-state index in [9.17, 15) is 9.59 Å². The molecule has 1 heterocycles. The summed E-state index contributed by atoms with van der Waals surface area (Å²) in [4.78, 5) is 24.7. The van der Waals surface area contributed by atoms with Crippen LogP contribution in [0.4, 0.5) is 0 Å². The molecule has 0 aromatic rings. The summed E-state index contributed by atoms with van der Waals surface area (Å²) in [5.41, 5.74) is 0. The van der Waals surface area contributed by atoms with E-state index < -0.39 is 0 Å². The number of carbonyl (C=O) groups excluding carboxylic acids is 2. The van der Waals surface area contributed by atoms with E-state index in [2.05, 4.69) is 4.74 Å². The van der Waals surface area contributed by atoms with Gasteiger partial charge in [0.25, 0.3) is 0 Å². The van der Waals surface area contributed by atoms with Gasteiger partial charge in [-0.05, 0) is 20.3 Å². The van der Waals surface area contributed by atoms with Crippen molar-refractivity contribution >= 4 is 11.9 Å². The van der Waals surface area contributed by atoms with Crippen molar-refractivity contribution in [3.63, 3.8) is 0 Å². The SMILES string of the molecule is CCN(CC(=O)OC)C(=O)C1CCOC1C. The van der Waals surface area contributed by atoms with E-state index in [0.717, 1.165) is 6.42 Å². The van der Waals surface area contributed by atoms with Gasteiger partial charge in [0, 0.05) is 13.2 Å². The molecule has 1 aliphatic rings. The second kappa shape index (κ2) is 5.84. The minimum absolute atomic E-state index is 0.0158. The van der Waals surface area contributed by atoms with Gasteiger partial charge in [-0.25, -0.2) is 0 Å². The third kappa shape index (κ3) is 2.95. The lowest BCUT2D eigenvalue weighted by atomic mass is 10.0. The molecule has 0 aliphatic carbocycles. The lowest BCUT2D eigenvalue weighted by Crippen LogP contribution is -2.41. The highest BCUT2D eigenvalue weighted by Crippen LogP contribution is 2.22. The molecular formula is C11H19NO4. The van der Waals surface area contributed by atoms with Gasteiger partial charge in [0.1, 0.15) is 6.54 Å². The number of methoxy groups -OCH3 is 1. The Hall–Kier alpha value is -1.10. The van der Waals surface area contributed by atoms with Gasteiger partial charge in [0.05, 0.1) is 19.1 Å². The number of likely N-dealkylation sites (N-methyl/N-ethyl adjacent to an activating group) is 1. The minimum atomic E-state index is -0.387. The Morgan fingerprint density at radius 3 is 2.62 bits per heavy atom. The smallest absolute Gasteiger partial charge is 0.325 e. The van der Waals surface area contributed by atoms with Crippen LogP contribution in [0.2, 0.25) is 0 Å². The molecule has 0 aromatic carbocycles. The fourth-order valence-corrected chi connectivity index (χ4v) is 1.86. The van der Waals surface area contributed by atoms with E-state index in [1.54, 1.807) is 0 Å². The lowest BCUT2D eigenvalue weighted by molar-refractivity contribution is -0.149. The monoisotopic (exact) mass is 229 g/mol. The molecule has 1 aliphatic heterocycles. The van der Waals surface area contributed by atoms with E-state index >= 15 is 0 Å². The van der Waals surface area contributed by atoms with Gasteiger partial charge < -0.3 is 14.4 Å². The van der Waals surface area contributed by atoms with Crippen LogP contribution in [0.5, 0.6) is 0 Å². The molecule has 1 saturated heterocycles. The fourth-order valence-electron chi connectivity index (χ4n) is 1.86. The number of amides is 1. The van der Waals surface area contributed by atoms with Crippen molar-refractivity contribution in [2.24, 2.45) is 5.92 Å². The Bertz CT molecular complexity index is 267. The number of nitrogens with zero attached hydrogens (tertiary/aromatic N) is 1. The third-order valence-electron chi connectivity index (χ3n) is 2.93. The lowest BCUT2D eigenvalue weighted by Gasteiger charge is -2.24. The number of hydrogen-bond donors (Lipinski definition) is 0. The van der Waals surface area contributed by atoms with Crippen LogP contribution in [0.3, 0.4) is 0 Å². The predicted octanol–water partition coefficient (Wildman–Crippen LogP) is 0.433. The van der Waals surface area contributed by atoms with Crippen LogP contribution >= 0.6 is 0 Å². The third-order valence-corrected chi connectivity index (χ3v) is 2.93. The summed E-state index contributed by atoms with van der Waals surface area (Å²) in [6.45, 7) is 4.89. The van der Waals surface area contributed by atoms with Crippen molar-refractivity contribution in [2.75, 3.05) is 26.8 Å². The van der Waals surface area contributed by atoms with Crippen molar-refractivity contribution in [3.05, 3.63) is 0 Å². The van der Waals surface area contributed by atoms with Crippen LogP contribution < -0.4 is 0 Å². The van der Waals surface area contributed by atoms with Gasteiger partial charge >= 0.3 is 5.97 Å². The molecule has 0 spiro atoms. The van der Waals surface area contributed by atoms with Gasteiger partial charge in [0.15, 0.2) is 0 Å². The normalized spacial score (nSPS) is 24.2. The van der Waals surface area contributed by atoms with E-state index in [1.807, 2.05) is 13.8 Å². The van der Waals surface area contributed by atoms with Crippen LogP contribution in [0, 0.1) is 5.92 Å². The highest BCUT2D eigenvalue weighted by atomic mass is 16.5. The molecule has 5 nitrogen and oxygen atoms in total. The minimum Gasteiger partial charge on any atom is -0.468 e. The Morgan fingerprint density at radius 1 is 1.50 bits per heavy atom. The molecule has 0 N–H and O–H groups in total. The summed E-state index contributed by atoms with van der Waals surface area (Å²) < 4.78 is 9.91. The Morgan fingerprint density at radius 2 is 2.19 bits per heavy atom. The first kappa shape index (κ1) is 13.0. The van der Waals surface area contributed by atoms with Gasteiger partial charge in [-0.2, -0.15) is 0 Å². The van der Waals surface area contributed by atoms with Crippen molar-refractivity contribution in [1.82, 2.24) is 4.90 Å². The molecule has 1 fully saturated rings. The van der Waals surface area contributed by atoms with Crippen molar-refractivity contribution < 1.29 is 19.1 Å². The summed E-state index contributed by atoms with van der Waals surface area (Å²) in [7, 11) is 1.32. The maximum absolute atomic E-state index is 12.1. The first-order valence-electron chi connectivity index (χ1n) is 5.57. The predicted molar refractivity (Wildman–Crippen MR) is 57.8 cm³/mol. The van der Waals surface area contributed by atoms with Crippen LogP contribution in [-0.2, 0) is 19.1 Å². The molecule has 16 heavy (non-hydrogen) atoms. The molecular weight excluding hydrogens is 210 g/mol. The number of esters is 1. The van der Waals surface area contributed by atoms with Crippen molar-refractivity contribution in [3.8, 4) is 0 Å². The zero-order valence-electron chi connectivity index (χ0n) is 10.1. The maximum atomic E-state index is 12.1. The molecule has 0 saturated carbocycles. The van der Waals surface area contributed by atoms with Crippen molar-refractivity contribution in [1.29, 1.82) is 0 Å². The summed E-state index contributed by atoms with van der Waals surface area (Å²) >= 11 is 0. The standard InChI is InChI=1S/C11H19NO4/c1-4-12(7-10(13)15-3)11(14)9-5-6-16-8(9)2/h8-9H,4-7H2,1-3H3. The maximum Gasteiger partial charge on any atom is 0.325 e.